The summed E-state index contributed by atoms with van der Waals surface area (Å²) < 4.78 is 16.4. The lowest BCUT2D eigenvalue weighted by Crippen LogP contribution is -2.14. The van der Waals surface area contributed by atoms with Gasteiger partial charge in [0.1, 0.15) is 23.0 Å². The van der Waals surface area contributed by atoms with Gasteiger partial charge in [-0.3, -0.25) is 4.79 Å². The Morgan fingerprint density at radius 2 is 1.80 bits per heavy atom. The first-order chi connectivity index (χ1) is 14.2. The molecule has 0 atom stereocenters. The van der Waals surface area contributed by atoms with Crippen LogP contribution in [0, 0.1) is 0 Å². The molecule has 0 saturated carbocycles. The molecule has 0 bridgehead atoms. The largest absolute Gasteiger partial charge is 0.506 e. The van der Waals surface area contributed by atoms with Crippen LogP contribution < -0.4 is 14.8 Å². The number of hydrogen-bond donors (Lipinski definition) is 2. The van der Waals surface area contributed by atoms with Crippen LogP contribution in [0.15, 0.2) is 52.9 Å². The van der Waals surface area contributed by atoms with Crippen molar-refractivity contribution in [3.63, 3.8) is 0 Å². The maximum atomic E-state index is 12.7. The molecule has 3 rings (SSSR count). The van der Waals surface area contributed by atoms with E-state index in [2.05, 4.69) is 26.1 Å². The Morgan fingerprint density at radius 1 is 1.03 bits per heavy atom. The third kappa shape index (κ3) is 4.76. The maximum Gasteiger partial charge on any atom is 0.291 e. The standard InChI is InChI=1S/C24H27NO5/c1-24(2,3)16-6-9-20(26)19(14-16)25-23(27)22-11-8-18(30-22)13-15-12-17(28-4)7-10-21(15)29-5/h6-12,14,26H,13H2,1-5H3,(H,25,27). The summed E-state index contributed by atoms with van der Waals surface area (Å²) in [6, 6.07) is 14.1. The van der Waals surface area contributed by atoms with Crippen molar-refractivity contribution in [3.8, 4) is 17.2 Å². The Kier molecular flexibility index (Phi) is 6.06. The summed E-state index contributed by atoms with van der Waals surface area (Å²) >= 11 is 0. The topological polar surface area (TPSA) is 80.9 Å². The van der Waals surface area contributed by atoms with Crippen molar-refractivity contribution in [1.82, 2.24) is 0 Å². The minimum Gasteiger partial charge on any atom is -0.506 e. The van der Waals surface area contributed by atoms with E-state index in [9.17, 15) is 9.90 Å². The number of phenols is 1. The number of amides is 1. The highest BCUT2D eigenvalue weighted by atomic mass is 16.5. The predicted molar refractivity (Wildman–Crippen MR) is 116 cm³/mol. The van der Waals surface area contributed by atoms with Gasteiger partial charge >= 0.3 is 0 Å². The van der Waals surface area contributed by atoms with Gasteiger partial charge in [0.25, 0.3) is 5.91 Å². The number of nitrogens with one attached hydrogen (secondary N) is 1. The highest BCUT2D eigenvalue weighted by molar-refractivity contribution is 6.03. The molecule has 6 nitrogen and oxygen atoms in total. The van der Waals surface area contributed by atoms with Crippen LogP contribution in [0.25, 0.3) is 0 Å². The summed E-state index contributed by atoms with van der Waals surface area (Å²) in [7, 11) is 3.20. The predicted octanol–water partition coefficient (Wildman–Crippen LogP) is 5.14. The molecule has 0 unspecified atom stereocenters. The molecule has 0 aliphatic rings. The number of carbonyl (C=O) groups excluding carboxylic acids is 1. The number of hydrogen-bond acceptors (Lipinski definition) is 5. The number of phenolic OH excluding ortho intramolecular Hbond substituents is 1. The van der Waals surface area contributed by atoms with Crippen LogP contribution in [0.1, 0.15) is 48.2 Å². The van der Waals surface area contributed by atoms with E-state index in [4.69, 9.17) is 13.9 Å². The van der Waals surface area contributed by atoms with Gasteiger partial charge in [0.05, 0.1) is 19.9 Å². The van der Waals surface area contributed by atoms with Gasteiger partial charge in [-0.25, -0.2) is 0 Å². The van der Waals surface area contributed by atoms with Crippen molar-refractivity contribution in [3.05, 3.63) is 71.2 Å². The molecule has 6 heteroatoms. The lowest BCUT2D eigenvalue weighted by Gasteiger charge is -2.20. The number of ether oxygens (including phenoxy) is 2. The molecule has 2 N–H and O–H groups in total. The SMILES string of the molecule is COc1ccc(OC)c(Cc2ccc(C(=O)Nc3cc(C(C)(C)C)ccc3O)o2)c1. The Labute approximate surface area is 176 Å². The van der Waals surface area contributed by atoms with E-state index in [-0.39, 0.29) is 16.9 Å². The van der Waals surface area contributed by atoms with E-state index in [0.29, 0.717) is 29.4 Å². The normalized spacial score (nSPS) is 11.2. The third-order valence-corrected chi connectivity index (χ3v) is 4.85. The summed E-state index contributed by atoms with van der Waals surface area (Å²) in [4.78, 5) is 12.7. The van der Waals surface area contributed by atoms with E-state index in [1.807, 2.05) is 24.3 Å². The van der Waals surface area contributed by atoms with Crippen LogP contribution in [0.3, 0.4) is 0 Å². The second-order valence-corrected chi connectivity index (χ2v) is 8.06. The Morgan fingerprint density at radius 3 is 2.47 bits per heavy atom. The van der Waals surface area contributed by atoms with Crippen LogP contribution in [-0.4, -0.2) is 25.2 Å². The molecule has 3 aromatic rings. The van der Waals surface area contributed by atoms with Crippen molar-refractivity contribution in [2.45, 2.75) is 32.6 Å². The van der Waals surface area contributed by atoms with Gasteiger partial charge in [0.2, 0.25) is 0 Å². The van der Waals surface area contributed by atoms with Gasteiger partial charge in [-0.2, -0.15) is 0 Å². The molecular formula is C24H27NO5. The zero-order valence-corrected chi connectivity index (χ0v) is 17.9. The van der Waals surface area contributed by atoms with Crippen molar-refractivity contribution in [2.24, 2.45) is 0 Å². The lowest BCUT2D eigenvalue weighted by atomic mass is 9.87. The molecule has 1 amide bonds. The Balaban J connectivity index is 1.78. The zero-order chi connectivity index (χ0) is 21.9. The van der Waals surface area contributed by atoms with Crippen molar-refractivity contribution in [2.75, 3.05) is 19.5 Å². The summed E-state index contributed by atoms with van der Waals surface area (Å²) in [5.74, 6) is 1.77. The molecule has 30 heavy (non-hydrogen) atoms. The first-order valence-electron chi connectivity index (χ1n) is 9.65. The molecule has 0 radical (unpaired) electrons. The monoisotopic (exact) mass is 409 g/mol. The molecule has 0 aliphatic heterocycles. The molecule has 158 valence electrons. The Bertz CT molecular complexity index is 1050. The molecule has 0 saturated heterocycles. The number of carbonyl (C=O) groups is 1. The van der Waals surface area contributed by atoms with Crippen LogP contribution in [0.5, 0.6) is 17.2 Å². The fourth-order valence-electron chi connectivity index (χ4n) is 3.09. The maximum absolute atomic E-state index is 12.7. The minimum absolute atomic E-state index is 0.00393. The average Bonchev–Trinajstić information content (AvgIpc) is 3.17. The van der Waals surface area contributed by atoms with Crippen molar-refractivity contribution >= 4 is 11.6 Å². The van der Waals surface area contributed by atoms with Crippen LogP contribution in [0.4, 0.5) is 5.69 Å². The summed E-state index contributed by atoms with van der Waals surface area (Å²) in [6.07, 6.45) is 0.443. The average molecular weight is 409 g/mol. The highest BCUT2D eigenvalue weighted by Crippen LogP contribution is 2.31. The third-order valence-electron chi connectivity index (χ3n) is 4.85. The second-order valence-electron chi connectivity index (χ2n) is 8.06. The zero-order valence-electron chi connectivity index (χ0n) is 17.9. The Hall–Kier alpha value is -3.41. The summed E-state index contributed by atoms with van der Waals surface area (Å²) in [5.41, 5.74) is 2.12. The number of aromatic hydroxyl groups is 1. The second kappa shape index (κ2) is 8.53. The minimum atomic E-state index is -0.430. The lowest BCUT2D eigenvalue weighted by molar-refractivity contribution is 0.0994. The smallest absolute Gasteiger partial charge is 0.291 e. The molecule has 1 aromatic heterocycles. The molecule has 2 aromatic carbocycles. The number of benzene rings is 2. The number of furan rings is 1. The molecule has 1 heterocycles. The van der Waals surface area contributed by atoms with E-state index >= 15 is 0 Å². The van der Waals surface area contributed by atoms with Crippen molar-refractivity contribution in [1.29, 1.82) is 0 Å². The number of methoxy groups -OCH3 is 2. The van der Waals surface area contributed by atoms with Gasteiger partial charge in [-0.1, -0.05) is 26.8 Å². The molecule has 0 aliphatic carbocycles. The van der Waals surface area contributed by atoms with E-state index in [1.54, 1.807) is 38.5 Å². The number of rotatable bonds is 6. The number of anilines is 1. The first-order valence-corrected chi connectivity index (χ1v) is 9.65. The first kappa shape index (κ1) is 21.3. The van der Waals surface area contributed by atoms with Crippen LogP contribution in [0.2, 0.25) is 0 Å². The highest BCUT2D eigenvalue weighted by Gasteiger charge is 2.18. The van der Waals surface area contributed by atoms with E-state index in [0.717, 1.165) is 11.1 Å². The molecular weight excluding hydrogens is 382 g/mol. The van der Waals surface area contributed by atoms with Gasteiger partial charge in [0.15, 0.2) is 5.76 Å². The van der Waals surface area contributed by atoms with E-state index < -0.39 is 5.91 Å². The quantitative estimate of drug-likeness (QED) is 0.551. The fourth-order valence-corrected chi connectivity index (χ4v) is 3.09. The fraction of sp³-hybridized carbons (Fsp3) is 0.292. The molecule has 0 spiro atoms. The van der Waals surface area contributed by atoms with Gasteiger partial charge in [0, 0.05) is 12.0 Å². The van der Waals surface area contributed by atoms with Gasteiger partial charge in [-0.15, -0.1) is 0 Å². The molecule has 0 fully saturated rings. The van der Waals surface area contributed by atoms with E-state index in [1.165, 1.54) is 0 Å². The van der Waals surface area contributed by atoms with Crippen LogP contribution in [-0.2, 0) is 11.8 Å². The van der Waals surface area contributed by atoms with Crippen molar-refractivity contribution < 1.29 is 23.8 Å². The van der Waals surface area contributed by atoms with Gasteiger partial charge in [-0.05, 0) is 53.4 Å². The van der Waals surface area contributed by atoms with Crippen LogP contribution >= 0.6 is 0 Å². The summed E-state index contributed by atoms with van der Waals surface area (Å²) in [6.45, 7) is 6.20. The summed E-state index contributed by atoms with van der Waals surface area (Å²) in [5, 5.41) is 12.9. The van der Waals surface area contributed by atoms with Gasteiger partial charge < -0.3 is 24.3 Å².